The van der Waals surface area contributed by atoms with Crippen LogP contribution in [0.3, 0.4) is 0 Å². The minimum absolute atomic E-state index is 0.0779. The van der Waals surface area contributed by atoms with Crippen molar-refractivity contribution >= 4 is 39.1 Å². The van der Waals surface area contributed by atoms with Crippen LogP contribution in [0.1, 0.15) is 37.8 Å². The SMILES string of the molecule is CCCNC(=O)[C@@H](CC)N(CCc1ccccc1)C(=O)CN(c1ccc(Cl)c(C(F)(F)F)c1)S(=O)(=O)c1ccccc1. The summed E-state index contributed by atoms with van der Waals surface area (Å²) in [5.41, 5.74) is -0.746. The minimum Gasteiger partial charge on any atom is -0.354 e. The molecule has 1 N–H and O–H groups in total. The monoisotopic (exact) mass is 623 g/mol. The molecule has 0 saturated heterocycles. The highest BCUT2D eigenvalue weighted by Crippen LogP contribution is 2.38. The average Bonchev–Trinajstić information content (AvgIpc) is 2.97. The van der Waals surface area contributed by atoms with E-state index in [0.717, 1.165) is 17.7 Å². The summed E-state index contributed by atoms with van der Waals surface area (Å²) in [6.07, 6.45) is -3.59. The molecule has 42 heavy (non-hydrogen) atoms. The van der Waals surface area contributed by atoms with Crippen LogP contribution in [0, 0.1) is 0 Å². The zero-order valence-electron chi connectivity index (χ0n) is 23.3. The van der Waals surface area contributed by atoms with E-state index in [1.165, 1.54) is 29.2 Å². The third-order valence-corrected chi connectivity index (χ3v) is 8.69. The normalized spacial score (nSPS) is 12.4. The van der Waals surface area contributed by atoms with E-state index >= 15 is 0 Å². The van der Waals surface area contributed by atoms with Gasteiger partial charge in [-0.25, -0.2) is 8.42 Å². The van der Waals surface area contributed by atoms with Crippen LogP contribution in [0.4, 0.5) is 18.9 Å². The maximum absolute atomic E-state index is 13.9. The largest absolute Gasteiger partial charge is 0.417 e. The molecule has 0 aromatic heterocycles. The maximum atomic E-state index is 13.9. The Kier molecular flexibility index (Phi) is 11.4. The number of benzene rings is 3. The molecule has 7 nitrogen and oxygen atoms in total. The van der Waals surface area contributed by atoms with Gasteiger partial charge in [-0.3, -0.25) is 13.9 Å². The van der Waals surface area contributed by atoms with E-state index < -0.39 is 56.9 Å². The number of hydrogen-bond donors (Lipinski definition) is 1. The molecule has 226 valence electrons. The van der Waals surface area contributed by atoms with Gasteiger partial charge in [-0.2, -0.15) is 13.2 Å². The molecular weight excluding hydrogens is 591 g/mol. The third kappa shape index (κ3) is 8.25. The van der Waals surface area contributed by atoms with Gasteiger partial charge in [-0.1, -0.05) is 74.0 Å². The van der Waals surface area contributed by atoms with E-state index in [0.29, 0.717) is 29.8 Å². The summed E-state index contributed by atoms with van der Waals surface area (Å²) in [4.78, 5) is 28.1. The van der Waals surface area contributed by atoms with Gasteiger partial charge in [-0.15, -0.1) is 0 Å². The zero-order valence-corrected chi connectivity index (χ0v) is 24.8. The second-order valence-electron chi connectivity index (χ2n) is 9.52. The van der Waals surface area contributed by atoms with E-state index in [9.17, 15) is 31.2 Å². The predicted molar refractivity (Wildman–Crippen MR) is 157 cm³/mol. The van der Waals surface area contributed by atoms with Crippen LogP contribution in [-0.4, -0.2) is 50.8 Å². The number of alkyl halides is 3. The van der Waals surface area contributed by atoms with Crippen molar-refractivity contribution in [2.24, 2.45) is 0 Å². The molecule has 0 aliphatic carbocycles. The second-order valence-corrected chi connectivity index (χ2v) is 11.8. The summed E-state index contributed by atoms with van der Waals surface area (Å²) >= 11 is 5.80. The number of rotatable bonds is 13. The van der Waals surface area contributed by atoms with Gasteiger partial charge in [0.05, 0.1) is 21.2 Å². The number of carbonyl (C=O) groups excluding carboxylic acids is 2. The lowest BCUT2D eigenvalue weighted by molar-refractivity contribution is -0.139. The van der Waals surface area contributed by atoms with Gasteiger partial charge in [0.1, 0.15) is 12.6 Å². The highest BCUT2D eigenvalue weighted by Gasteiger charge is 2.37. The highest BCUT2D eigenvalue weighted by atomic mass is 35.5. The molecule has 0 unspecified atom stereocenters. The Labute approximate surface area is 249 Å². The Bertz CT molecular complexity index is 1460. The van der Waals surface area contributed by atoms with Crippen molar-refractivity contribution < 1.29 is 31.2 Å². The van der Waals surface area contributed by atoms with E-state index in [1.807, 2.05) is 37.3 Å². The van der Waals surface area contributed by atoms with Crippen molar-refractivity contribution in [2.75, 3.05) is 23.9 Å². The number of halogens is 4. The molecule has 0 radical (unpaired) electrons. The first-order chi connectivity index (χ1) is 19.9. The molecule has 0 fully saturated rings. The van der Waals surface area contributed by atoms with Crippen molar-refractivity contribution in [1.82, 2.24) is 10.2 Å². The molecule has 3 aromatic rings. The lowest BCUT2D eigenvalue weighted by atomic mass is 10.1. The van der Waals surface area contributed by atoms with Crippen molar-refractivity contribution in [3.8, 4) is 0 Å². The molecule has 0 heterocycles. The first-order valence-corrected chi connectivity index (χ1v) is 15.3. The van der Waals surface area contributed by atoms with Gasteiger partial charge < -0.3 is 10.2 Å². The topological polar surface area (TPSA) is 86.8 Å². The molecule has 3 rings (SSSR count). The molecule has 0 bridgehead atoms. The Morgan fingerprint density at radius 1 is 0.952 bits per heavy atom. The van der Waals surface area contributed by atoms with Gasteiger partial charge in [0.15, 0.2) is 0 Å². The number of nitrogens with zero attached hydrogens (tertiary/aromatic N) is 2. The Hall–Kier alpha value is -3.57. The van der Waals surface area contributed by atoms with Crippen LogP contribution < -0.4 is 9.62 Å². The Morgan fingerprint density at radius 3 is 2.14 bits per heavy atom. The fourth-order valence-corrected chi connectivity index (χ4v) is 6.05. The molecule has 2 amide bonds. The lowest BCUT2D eigenvalue weighted by Crippen LogP contribution is -2.53. The van der Waals surface area contributed by atoms with Crippen molar-refractivity contribution in [3.05, 3.63) is 95.0 Å². The van der Waals surface area contributed by atoms with Gasteiger partial charge in [-0.05, 0) is 55.2 Å². The molecule has 0 saturated carbocycles. The number of nitrogens with one attached hydrogen (secondary N) is 1. The summed E-state index contributed by atoms with van der Waals surface area (Å²) < 4.78 is 69.4. The van der Waals surface area contributed by atoms with E-state index in [1.54, 1.807) is 13.0 Å². The van der Waals surface area contributed by atoms with Crippen molar-refractivity contribution in [2.45, 2.75) is 50.2 Å². The minimum atomic E-state index is -4.87. The standard InChI is InChI=1S/C30H33ClF3N3O4S/c1-3-18-35-29(39)27(4-2)36(19-17-22-11-7-5-8-12-22)28(38)21-37(42(40,41)24-13-9-6-10-14-24)23-15-16-26(31)25(20-23)30(32,33)34/h5-16,20,27H,3-4,17-19,21H2,1-2H3,(H,35,39)/t27-/m1/s1. The van der Waals surface area contributed by atoms with Crippen LogP contribution in [0.2, 0.25) is 5.02 Å². The molecule has 0 aliphatic heterocycles. The summed E-state index contributed by atoms with van der Waals surface area (Å²) in [6, 6.07) is 18.1. The maximum Gasteiger partial charge on any atom is 0.417 e. The zero-order chi connectivity index (χ0) is 30.9. The predicted octanol–water partition coefficient (Wildman–Crippen LogP) is 5.93. The number of anilines is 1. The molecular formula is C30H33ClF3N3O4S. The lowest BCUT2D eigenvalue weighted by Gasteiger charge is -2.33. The van der Waals surface area contributed by atoms with Gasteiger partial charge >= 0.3 is 6.18 Å². The van der Waals surface area contributed by atoms with Crippen molar-refractivity contribution in [3.63, 3.8) is 0 Å². The van der Waals surface area contributed by atoms with Crippen LogP contribution in [0.5, 0.6) is 0 Å². The first kappa shape index (κ1) is 32.9. The van der Waals surface area contributed by atoms with E-state index in [2.05, 4.69) is 5.32 Å². The fraction of sp³-hybridized carbons (Fsp3) is 0.333. The van der Waals surface area contributed by atoms with Crippen LogP contribution in [-0.2, 0) is 32.2 Å². The van der Waals surface area contributed by atoms with E-state index in [4.69, 9.17) is 11.6 Å². The second kappa shape index (κ2) is 14.6. The Balaban J connectivity index is 2.08. The average molecular weight is 624 g/mol. The number of sulfonamides is 1. The van der Waals surface area contributed by atoms with E-state index in [-0.39, 0.29) is 17.9 Å². The van der Waals surface area contributed by atoms with Crippen LogP contribution >= 0.6 is 11.6 Å². The summed E-state index contributed by atoms with van der Waals surface area (Å²) in [6.45, 7) is 3.23. The fourth-order valence-electron chi connectivity index (χ4n) is 4.40. The number of amides is 2. The summed E-state index contributed by atoms with van der Waals surface area (Å²) in [5.74, 6) is -1.14. The number of hydrogen-bond acceptors (Lipinski definition) is 4. The molecule has 0 aliphatic rings. The molecule has 1 atom stereocenters. The smallest absolute Gasteiger partial charge is 0.354 e. The first-order valence-electron chi connectivity index (χ1n) is 13.5. The van der Waals surface area contributed by atoms with Gasteiger partial charge in [0.25, 0.3) is 10.0 Å². The van der Waals surface area contributed by atoms with Gasteiger partial charge in [0.2, 0.25) is 11.8 Å². The van der Waals surface area contributed by atoms with Crippen LogP contribution in [0.15, 0.2) is 83.8 Å². The highest BCUT2D eigenvalue weighted by molar-refractivity contribution is 7.92. The molecule has 3 aromatic carbocycles. The van der Waals surface area contributed by atoms with Crippen molar-refractivity contribution in [1.29, 1.82) is 0 Å². The summed E-state index contributed by atoms with van der Waals surface area (Å²) in [7, 11) is -4.52. The third-order valence-electron chi connectivity index (χ3n) is 6.57. The summed E-state index contributed by atoms with van der Waals surface area (Å²) in [5, 5.41) is 2.17. The molecule has 0 spiro atoms. The van der Waals surface area contributed by atoms with Crippen LogP contribution in [0.25, 0.3) is 0 Å². The quantitative estimate of drug-likeness (QED) is 0.256. The Morgan fingerprint density at radius 2 is 1.57 bits per heavy atom. The van der Waals surface area contributed by atoms with Gasteiger partial charge in [0, 0.05) is 13.1 Å². The number of carbonyl (C=O) groups is 2. The molecule has 12 heteroatoms.